The smallest absolute Gasteiger partial charge is 0.261 e. The zero-order valence-corrected chi connectivity index (χ0v) is 13.4. The molecule has 2 aromatic carbocycles. The maximum Gasteiger partial charge on any atom is 0.261 e. The highest BCUT2D eigenvalue weighted by molar-refractivity contribution is 7.92. The van der Waals surface area contributed by atoms with Crippen LogP contribution in [-0.2, 0) is 10.0 Å². The molecule has 0 amide bonds. The number of nitriles is 1. The first kappa shape index (κ1) is 15.9. The van der Waals surface area contributed by atoms with E-state index in [1.54, 1.807) is 12.1 Å². The Kier molecular flexibility index (Phi) is 4.64. The normalized spacial score (nSPS) is 11.0. The van der Waals surface area contributed by atoms with Crippen molar-refractivity contribution >= 4 is 50.5 Å². The Morgan fingerprint density at radius 2 is 1.76 bits per heavy atom. The minimum Gasteiger partial charge on any atom is -0.278 e. The number of hydrogen-bond donors (Lipinski definition) is 1. The molecule has 0 saturated heterocycles. The summed E-state index contributed by atoms with van der Waals surface area (Å²) in [7, 11) is -3.89. The van der Waals surface area contributed by atoms with Crippen LogP contribution >= 0.6 is 34.8 Å². The van der Waals surface area contributed by atoms with Gasteiger partial charge in [0.1, 0.15) is 6.07 Å². The fourth-order valence-electron chi connectivity index (χ4n) is 1.54. The average Bonchev–Trinajstić information content (AvgIpc) is 2.43. The number of sulfonamides is 1. The van der Waals surface area contributed by atoms with Gasteiger partial charge in [-0.1, -0.05) is 40.9 Å². The molecule has 8 heteroatoms. The molecule has 0 fully saturated rings. The second-order valence-corrected chi connectivity index (χ2v) is 6.84. The van der Waals surface area contributed by atoms with Gasteiger partial charge in [0.2, 0.25) is 0 Å². The average molecular weight is 362 g/mol. The molecule has 0 aromatic heterocycles. The summed E-state index contributed by atoms with van der Waals surface area (Å²) < 4.78 is 26.8. The highest BCUT2D eigenvalue weighted by Crippen LogP contribution is 2.31. The fraction of sp³-hybridized carbons (Fsp3) is 0. The van der Waals surface area contributed by atoms with E-state index in [1.165, 1.54) is 24.3 Å². The van der Waals surface area contributed by atoms with Gasteiger partial charge in [-0.25, -0.2) is 8.42 Å². The molecule has 0 unspecified atom stereocenters. The van der Waals surface area contributed by atoms with Crippen molar-refractivity contribution in [2.24, 2.45) is 0 Å². The van der Waals surface area contributed by atoms with Crippen molar-refractivity contribution in [2.45, 2.75) is 4.90 Å². The largest absolute Gasteiger partial charge is 0.278 e. The molecule has 0 spiro atoms. The molecule has 0 heterocycles. The van der Waals surface area contributed by atoms with Crippen molar-refractivity contribution in [3.8, 4) is 6.07 Å². The monoisotopic (exact) mass is 360 g/mol. The Balaban J connectivity index is 2.41. The third kappa shape index (κ3) is 3.42. The van der Waals surface area contributed by atoms with Gasteiger partial charge in [0.25, 0.3) is 10.0 Å². The second kappa shape index (κ2) is 6.12. The van der Waals surface area contributed by atoms with Gasteiger partial charge in [-0.05, 0) is 30.3 Å². The van der Waals surface area contributed by atoms with E-state index in [9.17, 15) is 8.42 Å². The summed E-state index contributed by atoms with van der Waals surface area (Å²) in [4.78, 5) is -0.0810. The van der Waals surface area contributed by atoms with Crippen molar-refractivity contribution in [2.75, 3.05) is 4.72 Å². The van der Waals surface area contributed by atoms with Gasteiger partial charge < -0.3 is 0 Å². The lowest BCUT2D eigenvalue weighted by Gasteiger charge is -2.10. The van der Waals surface area contributed by atoms with E-state index in [1.807, 2.05) is 6.07 Å². The van der Waals surface area contributed by atoms with Gasteiger partial charge in [-0.3, -0.25) is 4.72 Å². The van der Waals surface area contributed by atoms with E-state index >= 15 is 0 Å². The Bertz CT molecular complexity index is 845. The quantitative estimate of drug-likeness (QED) is 0.885. The molecule has 21 heavy (non-hydrogen) atoms. The summed E-state index contributed by atoms with van der Waals surface area (Å²) in [5.74, 6) is 0. The van der Waals surface area contributed by atoms with Gasteiger partial charge in [-0.2, -0.15) is 5.26 Å². The zero-order valence-electron chi connectivity index (χ0n) is 10.3. The lowest BCUT2D eigenvalue weighted by molar-refractivity contribution is 0.601. The summed E-state index contributed by atoms with van der Waals surface area (Å²) in [6.45, 7) is 0. The van der Waals surface area contributed by atoms with Crippen molar-refractivity contribution < 1.29 is 8.42 Å². The standard InChI is InChI=1S/C13H7Cl3N2O2S/c14-10-2-1-3-12(13(10)16)18-21(19,20)9-5-4-8(7-17)11(15)6-9/h1-6,18H. The Morgan fingerprint density at radius 3 is 2.38 bits per heavy atom. The molecular formula is C13H7Cl3N2O2S. The van der Waals surface area contributed by atoms with Crippen LogP contribution in [0.15, 0.2) is 41.3 Å². The fourth-order valence-corrected chi connectivity index (χ4v) is 3.33. The van der Waals surface area contributed by atoms with Crippen LogP contribution in [0.25, 0.3) is 0 Å². The summed E-state index contributed by atoms with van der Waals surface area (Å²) >= 11 is 17.6. The lowest BCUT2D eigenvalue weighted by Crippen LogP contribution is -2.13. The van der Waals surface area contributed by atoms with E-state index in [4.69, 9.17) is 40.1 Å². The number of rotatable bonds is 3. The highest BCUT2D eigenvalue weighted by atomic mass is 35.5. The lowest BCUT2D eigenvalue weighted by atomic mass is 10.2. The Labute approximate surface area is 136 Å². The summed E-state index contributed by atoms with van der Waals surface area (Å²) in [6, 6.07) is 10.3. The maximum absolute atomic E-state index is 12.3. The SMILES string of the molecule is N#Cc1ccc(S(=O)(=O)Nc2cccc(Cl)c2Cl)cc1Cl. The molecule has 4 nitrogen and oxygen atoms in total. The number of halogens is 3. The van der Waals surface area contributed by atoms with Crippen LogP contribution < -0.4 is 4.72 Å². The molecule has 0 atom stereocenters. The van der Waals surface area contributed by atoms with Crippen molar-refractivity contribution in [1.29, 1.82) is 5.26 Å². The van der Waals surface area contributed by atoms with E-state index in [0.717, 1.165) is 0 Å². The van der Waals surface area contributed by atoms with Gasteiger partial charge in [0, 0.05) is 0 Å². The van der Waals surface area contributed by atoms with E-state index < -0.39 is 10.0 Å². The molecule has 0 radical (unpaired) electrons. The first-order chi connectivity index (χ1) is 9.85. The first-order valence-electron chi connectivity index (χ1n) is 5.51. The number of anilines is 1. The van der Waals surface area contributed by atoms with Crippen molar-refractivity contribution in [3.05, 3.63) is 57.0 Å². The topological polar surface area (TPSA) is 70.0 Å². The molecule has 0 bridgehead atoms. The minimum absolute atomic E-state index is 0.0533. The third-order valence-electron chi connectivity index (χ3n) is 2.57. The van der Waals surface area contributed by atoms with Crippen molar-refractivity contribution in [1.82, 2.24) is 0 Å². The highest BCUT2D eigenvalue weighted by Gasteiger charge is 2.18. The van der Waals surface area contributed by atoms with E-state index in [-0.39, 0.29) is 31.2 Å². The number of nitrogens with zero attached hydrogens (tertiary/aromatic N) is 1. The van der Waals surface area contributed by atoms with Crippen LogP contribution in [-0.4, -0.2) is 8.42 Å². The van der Waals surface area contributed by atoms with Crippen LogP contribution in [0.2, 0.25) is 15.1 Å². The van der Waals surface area contributed by atoms with Gasteiger partial charge in [0.05, 0.1) is 31.2 Å². The third-order valence-corrected chi connectivity index (χ3v) is 5.06. The number of benzene rings is 2. The number of nitrogens with one attached hydrogen (secondary N) is 1. The maximum atomic E-state index is 12.3. The van der Waals surface area contributed by atoms with Gasteiger partial charge in [0.15, 0.2) is 0 Å². The predicted octanol–water partition coefficient (Wildman–Crippen LogP) is 4.32. The molecular weight excluding hydrogens is 355 g/mol. The second-order valence-electron chi connectivity index (χ2n) is 3.96. The van der Waals surface area contributed by atoms with Crippen LogP contribution in [0.5, 0.6) is 0 Å². The molecule has 0 aliphatic heterocycles. The van der Waals surface area contributed by atoms with E-state index in [0.29, 0.717) is 0 Å². The molecule has 0 aliphatic carbocycles. The summed E-state index contributed by atoms with van der Waals surface area (Å²) in [6.07, 6.45) is 0. The van der Waals surface area contributed by atoms with Crippen LogP contribution in [0.3, 0.4) is 0 Å². The summed E-state index contributed by atoms with van der Waals surface area (Å²) in [5, 5.41) is 9.17. The molecule has 108 valence electrons. The van der Waals surface area contributed by atoms with Gasteiger partial charge in [-0.15, -0.1) is 0 Å². The Hall–Kier alpha value is -1.45. The van der Waals surface area contributed by atoms with E-state index in [2.05, 4.69) is 4.72 Å². The molecule has 0 aliphatic rings. The zero-order chi connectivity index (χ0) is 15.6. The number of hydrogen-bond acceptors (Lipinski definition) is 3. The van der Waals surface area contributed by atoms with Crippen molar-refractivity contribution in [3.63, 3.8) is 0 Å². The van der Waals surface area contributed by atoms with Crippen LogP contribution in [0.1, 0.15) is 5.56 Å². The Morgan fingerprint density at radius 1 is 1.05 bits per heavy atom. The predicted molar refractivity (Wildman–Crippen MR) is 83.4 cm³/mol. The van der Waals surface area contributed by atoms with Crippen LogP contribution in [0.4, 0.5) is 5.69 Å². The minimum atomic E-state index is -3.89. The summed E-state index contributed by atoms with van der Waals surface area (Å²) in [5.41, 5.74) is 0.348. The van der Waals surface area contributed by atoms with Gasteiger partial charge >= 0.3 is 0 Å². The van der Waals surface area contributed by atoms with Crippen LogP contribution in [0, 0.1) is 11.3 Å². The molecule has 2 rings (SSSR count). The first-order valence-corrected chi connectivity index (χ1v) is 8.13. The molecule has 2 aromatic rings. The molecule has 1 N–H and O–H groups in total. The molecule has 0 saturated carbocycles.